The molecule has 4 rings (SSSR count). The Hall–Kier alpha value is -1.59. The molecule has 3 fully saturated rings. The minimum Gasteiger partial charge on any atom is -0.381 e. The second kappa shape index (κ2) is 6.96. The molecule has 136 valence electrons. The van der Waals surface area contributed by atoms with Crippen molar-refractivity contribution in [2.45, 2.75) is 69.7 Å². The number of benzene rings is 1. The molecular weight excluding hydrogens is 312 g/mol. The Morgan fingerprint density at radius 2 is 2.16 bits per heavy atom. The van der Waals surface area contributed by atoms with Gasteiger partial charge in [0, 0.05) is 36.9 Å². The fourth-order valence-electron chi connectivity index (χ4n) is 4.64. The molecule has 5 nitrogen and oxygen atoms in total. The van der Waals surface area contributed by atoms with Crippen LogP contribution in [0.15, 0.2) is 24.3 Å². The summed E-state index contributed by atoms with van der Waals surface area (Å²) in [7, 11) is 0. The van der Waals surface area contributed by atoms with Crippen LogP contribution in [0.4, 0.5) is 5.69 Å². The minimum atomic E-state index is -0.188. The van der Waals surface area contributed by atoms with Gasteiger partial charge in [-0.15, -0.1) is 0 Å². The van der Waals surface area contributed by atoms with E-state index in [1.54, 1.807) is 0 Å². The van der Waals surface area contributed by atoms with Crippen LogP contribution in [0.5, 0.6) is 0 Å². The highest BCUT2D eigenvalue weighted by molar-refractivity contribution is 5.80. The van der Waals surface area contributed by atoms with Gasteiger partial charge in [0.05, 0.1) is 6.04 Å². The number of hydrogen-bond donors (Lipinski definition) is 2. The molecule has 0 spiro atoms. The fraction of sp³-hybridized carbons (Fsp3) is 0.650. The van der Waals surface area contributed by atoms with Crippen molar-refractivity contribution in [2.24, 2.45) is 5.73 Å². The molecule has 3 atom stereocenters. The van der Waals surface area contributed by atoms with Crippen molar-refractivity contribution in [3.05, 3.63) is 29.8 Å². The average molecular weight is 342 g/mol. The van der Waals surface area contributed by atoms with Crippen LogP contribution >= 0.6 is 0 Å². The Bertz CT molecular complexity index is 630. The third-order valence-electron chi connectivity index (χ3n) is 6.01. The molecule has 0 bridgehead atoms. The van der Waals surface area contributed by atoms with Crippen molar-refractivity contribution in [3.8, 4) is 0 Å². The first-order chi connectivity index (χ1) is 12.1. The molecule has 2 saturated heterocycles. The van der Waals surface area contributed by atoms with Crippen molar-refractivity contribution in [3.63, 3.8) is 0 Å². The molecule has 1 saturated carbocycles. The highest BCUT2D eigenvalue weighted by Crippen LogP contribution is 2.34. The van der Waals surface area contributed by atoms with Gasteiger partial charge in [-0.3, -0.25) is 14.6 Å². The van der Waals surface area contributed by atoms with Gasteiger partial charge in [0.2, 0.25) is 5.91 Å². The topological polar surface area (TPSA) is 61.6 Å². The van der Waals surface area contributed by atoms with Crippen LogP contribution in [0.3, 0.4) is 0 Å². The lowest BCUT2D eigenvalue weighted by atomic mass is 10.1. The Kier molecular flexibility index (Phi) is 4.69. The van der Waals surface area contributed by atoms with Gasteiger partial charge in [-0.05, 0) is 63.3 Å². The first-order valence-electron chi connectivity index (χ1n) is 9.75. The summed E-state index contributed by atoms with van der Waals surface area (Å²) in [5.74, 6) is -0.188. The van der Waals surface area contributed by atoms with E-state index < -0.39 is 0 Å². The summed E-state index contributed by atoms with van der Waals surface area (Å²) < 4.78 is 0. The fourth-order valence-corrected chi connectivity index (χ4v) is 4.64. The van der Waals surface area contributed by atoms with Gasteiger partial charge in [-0.1, -0.05) is 12.1 Å². The Labute approximate surface area is 150 Å². The predicted octanol–water partition coefficient (Wildman–Crippen LogP) is 2.17. The highest BCUT2D eigenvalue weighted by Gasteiger charge is 2.38. The summed E-state index contributed by atoms with van der Waals surface area (Å²) in [5.41, 5.74) is 7.99. The van der Waals surface area contributed by atoms with Crippen LogP contribution in [0.1, 0.15) is 44.6 Å². The molecule has 1 aromatic rings. The summed E-state index contributed by atoms with van der Waals surface area (Å²) in [5, 5.41) is 3.73. The van der Waals surface area contributed by atoms with Crippen LogP contribution < -0.4 is 11.1 Å². The molecule has 0 aromatic heterocycles. The second-order valence-corrected chi connectivity index (χ2v) is 8.09. The maximum Gasteiger partial charge on any atom is 0.234 e. The van der Waals surface area contributed by atoms with Gasteiger partial charge in [-0.25, -0.2) is 0 Å². The van der Waals surface area contributed by atoms with Crippen LogP contribution in [-0.2, 0) is 11.3 Å². The largest absolute Gasteiger partial charge is 0.381 e. The van der Waals surface area contributed by atoms with Crippen molar-refractivity contribution in [1.29, 1.82) is 0 Å². The Morgan fingerprint density at radius 3 is 2.92 bits per heavy atom. The molecule has 1 aliphatic carbocycles. The maximum atomic E-state index is 11.6. The zero-order chi connectivity index (χ0) is 17.4. The van der Waals surface area contributed by atoms with Crippen molar-refractivity contribution in [2.75, 3.05) is 18.4 Å². The monoisotopic (exact) mass is 342 g/mol. The summed E-state index contributed by atoms with van der Waals surface area (Å²) in [6.07, 6.45) is 5.93. The first kappa shape index (κ1) is 16.9. The lowest BCUT2D eigenvalue weighted by molar-refractivity contribution is -0.122. The molecule has 5 heteroatoms. The highest BCUT2D eigenvalue weighted by atomic mass is 16.1. The lowest BCUT2D eigenvalue weighted by Gasteiger charge is -2.22. The normalized spacial score (nSPS) is 30.7. The number of nitrogens with two attached hydrogens (primary N) is 1. The second-order valence-electron chi connectivity index (χ2n) is 8.09. The number of amides is 1. The van der Waals surface area contributed by atoms with Crippen LogP contribution in [-0.4, -0.2) is 53.0 Å². The summed E-state index contributed by atoms with van der Waals surface area (Å²) in [6, 6.07) is 10.6. The van der Waals surface area contributed by atoms with Crippen molar-refractivity contribution < 1.29 is 4.79 Å². The summed E-state index contributed by atoms with van der Waals surface area (Å²) in [6.45, 7) is 5.28. The number of primary amides is 1. The first-order valence-corrected chi connectivity index (χ1v) is 9.75. The molecule has 1 amide bonds. The number of carbonyl (C=O) groups excluding carboxylic acids is 1. The molecule has 3 aliphatic rings. The van der Waals surface area contributed by atoms with Crippen LogP contribution in [0.2, 0.25) is 0 Å². The smallest absolute Gasteiger partial charge is 0.234 e. The molecular formula is C20H30N4O. The molecule has 25 heavy (non-hydrogen) atoms. The molecule has 0 radical (unpaired) electrons. The van der Waals surface area contributed by atoms with Crippen LogP contribution in [0.25, 0.3) is 0 Å². The number of hydrogen-bond acceptors (Lipinski definition) is 4. The van der Waals surface area contributed by atoms with Gasteiger partial charge in [0.1, 0.15) is 0 Å². The molecule has 2 aliphatic heterocycles. The predicted molar refractivity (Wildman–Crippen MR) is 100 cm³/mol. The standard InChI is InChI=1S/C20H30N4O/c1-14-10-17(13-24(14)18-7-8-18)22-16-5-2-4-15(11-16)12-23-9-3-6-19(23)20(21)25/h2,4-5,11,14,17-19,22H,3,6-10,12-13H2,1H3,(H2,21,25)/t14-,17+,19+/m1/s1. The van der Waals surface area contributed by atoms with E-state index in [0.29, 0.717) is 12.1 Å². The minimum absolute atomic E-state index is 0.0978. The Balaban J connectivity index is 1.37. The van der Waals surface area contributed by atoms with Crippen molar-refractivity contribution in [1.82, 2.24) is 9.80 Å². The van der Waals surface area contributed by atoms with E-state index in [0.717, 1.165) is 38.5 Å². The van der Waals surface area contributed by atoms with E-state index >= 15 is 0 Å². The lowest BCUT2D eigenvalue weighted by Crippen LogP contribution is -2.39. The number of rotatable bonds is 6. The maximum absolute atomic E-state index is 11.6. The third kappa shape index (κ3) is 3.82. The SMILES string of the molecule is C[C@@H]1C[C@H](Nc2cccc(CN3CCC[C@H]3C(N)=O)c2)CN1C1CC1. The number of nitrogens with zero attached hydrogens (tertiary/aromatic N) is 2. The number of carbonyl (C=O) groups is 1. The van der Waals surface area contributed by atoms with E-state index in [4.69, 9.17) is 5.73 Å². The van der Waals surface area contributed by atoms with Crippen LogP contribution in [0, 0.1) is 0 Å². The third-order valence-corrected chi connectivity index (χ3v) is 6.01. The average Bonchev–Trinajstić information content (AvgIpc) is 3.20. The van der Waals surface area contributed by atoms with E-state index in [-0.39, 0.29) is 11.9 Å². The zero-order valence-electron chi connectivity index (χ0n) is 15.2. The van der Waals surface area contributed by atoms with Gasteiger partial charge in [0.25, 0.3) is 0 Å². The van der Waals surface area contributed by atoms with E-state index in [1.807, 2.05) is 0 Å². The van der Waals surface area contributed by atoms with Gasteiger partial charge >= 0.3 is 0 Å². The van der Waals surface area contributed by atoms with Gasteiger partial charge < -0.3 is 11.1 Å². The van der Waals surface area contributed by atoms with E-state index in [9.17, 15) is 4.79 Å². The quantitative estimate of drug-likeness (QED) is 0.832. The number of anilines is 1. The molecule has 3 N–H and O–H groups in total. The summed E-state index contributed by atoms with van der Waals surface area (Å²) in [4.78, 5) is 16.5. The van der Waals surface area contributed by atoms with Gasteiger partial charge in [-0.2, -0.15) is 0 Å². The number of likely N-dealkylation sites (tertiary alicyclic amines) is 2. The number of nitrogens with one attached hydrogen (secondary N) is 1. The van der Waals surface area contributed by atoms with E-state index in [2.05, 4.69) is 46.3 Å². The molecule has 1 aromatic carbocycles. The Morgan fingerprint density at radius 1 is 1.32 bits per heavy atom. The summed E-state index contributed by atoms with van der Waals surface area (Å²) >= 11 is 0. The molecule has 0 unspecified atom stereocenters. The van der Waals surface area contributed by atoms with Gasteiger partial charge in [0.15, 0.2) is 0 Å². The molecule has 2 heterocycles. The van der Waals surface area contributed by atoms with E-state index in [1.165, 1.54) is 30.5 Å². The zero-order valence-corrected chi connectivity index (χ0v) is 15.2. The van der Waals surface area contributed by atoms with Crippen molar-refractivity contribution >= 4 is 11.6 Å².